The summed E-state index contributed by atoms with van der Waals surface area (Å²) in [4.78, 5) is 5.24. The number of ether oxygens (including phenoxy) is 2. The van der Waals surface area contributed by atoms with Gasteiger partial charge in [0.1, 0.15) is 6.61 Å². The van der Waals surface area contributed by atoms with Crippen LogP contribution in [0.1, 0.15) is 15.4 Å². The standard InChI is InChI=1S/C14H17ClN2O2S/c1-9-17-7-11(20-9)8-19-14-12(15)5-10(3-4-16)6-13(14)18-2/h5-7H,3-4,8,16H2,1-2H3. The highest BCUT2D eigenvalue weighted by Gasteiger charge is 2.12. The van der Waals surface area contributed by atoms with Gasteiger partial charge in [-0.15, -0.1) is 11.3 Å². The van der Waals surface area contributed by atoms with E-state index in [1.54, 1.807) is 18.4 Å². The molecule has 4 nitrogen and oxygen atoms in total. The van der Waals surface area contributed by atoms with Crippen LogP contribution in [0.25, 0.3) is 0 Å². The summed E-state index contributed by atoms with van der Waals surface area (Å²) in [6.45, 7) is 2.96. The second kappa shape index (κ2) is 6.92. The van der Waals surface area contributed by atoms with Crippen LogP contribution in [-0.4, -0.2) is 18.6 Å². The summed E-state index contributed by atoms with van der Waals surface area (Å²) < 4.78 is 11.1. The second-order valence-corrected chi connectivity index (χ2v) is 6.01. The average Bonchev–Trinajstić information content (AvgIpc) is 2.83. The van der Waals surface area contributed by atoms with E-state index in [0.717, 1.165) is 21.9 Å². The molecule has 0 amide bonds. The normalized spacial score (nSPS) is 10.6. The van der Waals surface area contributed by atoms with Crippen molar-refractivity contribution in [3.8, 4) is 11.5 Å². The molecule has 1 aromatic carbocycles. The van der Waals surface area contributed by atoms with E-state index in [9.17, 15) is 0 Å². The van der Waals surface area contributed by atoms with E-state index in [1.807, 2.05) is 25.3 Å². The van der Waals surface area contributed by atoms with E-state index in [4.69, 9.17) is 26.8 Å². The molecule has 108 valence electrons. The van der Waals surface area contributed by atoms with Crippen LogP contribution in [0, 0.1) is 6.92 Å². The predicted molar refractivity (Wildman–Crippen MR) is 81.9 cm³/mol. The van der Waals surface area contributed by atoms with Crippen molar-refractivity contribution in [2.75, 3.05) is 13.7 Å². The third-order valence-electron chi connectivity index (χ3n) is 2.75. The summed E-state index contributed by atoms with van der Waals surface area (Å²) in [6, 6.07) is 3.77. The molecule has 0 atom stereocenters. The predicted octanol–water partition coefficient (Wildman–Crippen LogP) is 3.19. The van der Waals surface area contributed by atoms with Crippen LogP contribution in [0.15, 0.2) is 18.3 Å². The molecule has 1 aromatic heterocycles. The lowest BCUT2D eigenvalue weighted by atomic mass is 10.1. The molecule has 0 aliphatic rings. The van der Waals surface area contributed by atoms with Crippen molar-refractivity contribution in [2.45, 2.75) is 20.0 Å². The molecular weight excluding hydrogens is 296 g/mol. The van der Waals surface area contributed by atoms with Crippen molar-refractivity contribution in [3.05, 3.63) is 38.8 Å². The average molecular weight is 313 g/mol. The van der Waals surface area contributed by atoms with Gasteiger partial charge in [0.05, 0.1) is 22.0 Å². The van der Waals surface area contributed by atoms with Gasteiger partial charge in [-0.2, -0.15) is 0 Å². The van der Waals surface area contributed by atoms with E-state index in [0.29, 0.717) is 29.7 Å². The Hall–Kier alpha value is -1.30. The van der Waals surface area contributed by atoms with Gasteiger partial charge in [-0.25, -0.2) is 4.98 Å². The number of thiazole rings is 1. The maximum Gasteiger partial charge on any atom is 0.180 e. The molecule has 0 aliphatic heterocycles. The van der Waals surface area contributed by atoms with Crippen LogP contribution in [-0.2, 0) is 13.0 Å². The van der Waals surface area contributed by atoms with Crippen molar-refractivity contribution in [3.63, 3.8) is 0 Å². The monoisotopic (exact) mass is 312 g/mol. The Labute approximate surface area is 127 Å². The topological polar surface area (TPSA) is 57.4 Å². The van der Waals surface area contributed by atoms with E-state index in [1.165, 1.54) is 0 Å². The molecule has 0 unspecified atom stereocenters. The zero-order valence-electron chi connectivity index (χ0n) is 11.5. The lowest BCUT2D eigenvalue weighted by Crippen LogP contribution is -2.04. The van der Waals surface area contributed by atoms with Gasteiger partial charge < -0.3 is 15.2 Å². The second-order valence-electron chi connectivity index (χ2n) is 4.28. The molecule has 1 heterocycles. The van der Waals surface area contributed by atoms with Crippen molar-refractivity contribution in [1.82, 2.24) is 4.98 Å². The third-order valence-corrected chi connectivity index (χ3v) is 3.92. The molecule has 2 N–H and O–H groups in total. The maximum atomic E-state index is 6.26. The number of halogens is 1. The first-order valence-electron chi connectivity index (χ1n) is 6.24. The van der Waals surface area contributed by atoms with Gasteiger partial charge in [0.15, 0.2) is 11.5 Å². The van der Waals surface area contributed by atoms with Gasteiger partial charge in [-0.1, -0.05) is 11.6 Å². The van der Waals surface area contributed by atoms with E-state index < -0.39 is 0 Å². The Bertz CT molecular complexity index is 587. The molecule has 0 bridgehead atoms. The Balaban J connectivity index is 2.17. The van der Waals surface area contributed by atoms with Crippen LogP contribution < -0.4 is 15.2 Å². The number of aryl methyl sites for hydroxylation is 1. The summed E-state index contributed by atoms with van der Waals surface area (Å²) in [5.74, 6) is 1.18. The first-order chi connectivity index (χ1) is 9.63. The van der Waals surface area contributed by atoms with Crippen LogP contribution in [0.4, 0.5) is 0 Å². The minimum Gasteiger partial charge on any atom is -0.493 e. The Kier molecular flexibility index (Phi) is 5.23. The highest BCUT2D eigenvalue weighted by atomic mass is 35.5. The molecule has 0 fully saturated rings. The zero-order valence-corrected chi connectivity index (χ0v) is 13.1. The molecule has 20 heavy (non-hydrogen) atoms. The first-order valence-corrected chi connectivity index (χ1v) is 7.44. The summed E-state index contributed by atoms with van der Waals surface area (Å²) in [5.41, 5.74) is 6.59. The van der Waals surface area contributed by atoms with Crippen molar-refractivity contribution >= 4 is 22.9 Å². The number of hydrogen-bond donors (Lipinski definition) is 1. The summed E-state index contributed by atoms with van der Waals surface area (Å²) >= 11 is 7.86. The summed E-state index contributed by atoms with van der Waals surface area (Å²) in [6.07, 6.45) is 2.56. The number of aromatic nitrogens is 1. The van der Waals surface area contributed by atoms with Gasteiger partial charge in [0, 0.05) is 6.20 Å². The minimum absolute atomic E-state index is 0.428. The fourth-order valence-electron chi connectivity index (χ4n) is 1.84. The fraction of sp³-hybridized carbons (Fsp3) is 0.357. The quantitative estimate of drug-likeness (QED) is 0.890. The van der Waals surface area contributed by atoms with Crippen LogP contribution in [0.2, 0.25) is 5.02 Å². The third kappa shape index (κ3) is 3.62. The highest BCUT2D eigenvalue weighted by molar-refractivity contribution is 7.11. The molecule has 0 saturated heterocycles. The molecule has 0 aliphatic carbocycles. The minimum atomic E-state index is 0.428. The lowest BCUT2D eigenvalue weighted by molar-refractivity contribution is 0.287. The molecular formula is C14H17ClN2O2S. The first kappa shape index (κ1) is 15.1. The van der Waals surface area contributed by atoms with E-state index >= 15 is 0 Å². The summed E-state index contributed by atoms with van der Waals surface area (Å²) in [7, 11) is 1.60. The van der Waals surface area contributed by atoms with Crippen molar-refractivity contribution in [2.24, 2.45) is 5.73 Å². The molecule has 0 radical (unpaired) electrons. The number of nitrogens with zero attached hydrogens (tertiary/aromatic N) is 1. The van der Waals surface area contributed by atoms with Crippen molar-refractivity contribution in [1.29, 1.82) is 0 Å². The van der Waals surface area contributed by atoms with Gasteiger partial charge in [0.2, 0.25) is 0 Å². The van der Waals surface area contributed by atoms with Gasteiger partial charge in [-0.05, 0) is 37.6 Å². The molecule has 0 saturated carbocycles. The number of rotatable bonds is 6. The molecule has 2 aromatic rings. The molecule has 6 heteroatoms. The number of methoxy groups -OCH3 is 1. The Morgan fingerprint density at radius 2 is 2.20 bits per heavy atom. The van der Waals surface area contributed by atoms with Crippen LogP contribution in [0.5, 0.6) is 11.5 Å². The van der Waals surface area contributed by atoms with E-state index in [2.05, 4.69) is 4.98 Å². The molecule has 0 spiro atoms. The SMILES string of the molecule is COc1cc(CCN)cc(Cl)c1OCc1cnc(C)s1. The molecule has 2 rings (SSSR count). The number of benzene rings is 1. The largest absolute Gasteiger partial charge is 0.493 e. The zero-order chi connectivity index (χ0) is 14.5. The number of hydrogen-bond acceptors (Lipinski definition) is 5. The van der Waals surface area contributed by atoms with Crippen molar-refractivity contribution < 1.29 is 9.47 Å². The van der Waals surface area contributed by atoms with E-state index in [-0.39, 0.29) is 0 Å². The maximum absolute atomic E-state index is 6.26. The Morgan fingerprint density at radius 1 is 1.40 bits per heavy atom. The van der Waals surface area contributed by atoms with Crippen LogP contribution >= 0.6 is 22.9 Å². The smallest absolute Gasteiger partial charge is 0.180 e. The fourth-order valence-corrected chi connectivity index (χ4v) is 2.84. The lowest BCUT2D eigenvalue weighted by Gasteiger charge is -2.13. The van der Waals surface area contributed by atoms with Gasteiger partial charge in [0.25, 0.3) is 0 Å². The summed E-state index contributed by atoms with van der Waals surface area (Å²) in [5, 5.41) is 1.55. The number of nitrogens with two attached hydrogens (primary N) is 1. The van der Waals surface area contributed by atoms with Gasteiger partial charge in [-0.3, -0.25) is 0 Å². The van der Waals surface area contributed by atoms with Gasteiger partial charge >= 0.3 is 0 Å². The highest BCUT2D eigenvalue weighted by Crippen LogP contribution is 2.37. The Morgan fingerprint density at radius 3 is 2.80 bits per heavy atom. The van der Waals surface area contributed by atoms with Crippen LogP contribution in [0.3, 0.4) is 0 Å².